The maximum atomic E-state index is 10.5. The zero-order valence-electron chi connectivity index (χ0n) is 10.3. The van der Waals surface area contributed by atoms with Crippen LogP contribution < -0.4 is 4.74 Å². The lowest BCUT2D eigenvalue weighted by molar-refractivity contribution is 0.218. The zero-order valence-corrected chi connectivity index (χ0v) is 11.2. The Morgan fingerprint density at radius 1 is 1.28 bits per heavy atom. The van der Waals surface area contributed by atoms with Crippen LogP contribution in [0.3, 0.4) is 0 Å². The first-order chi connectivity index (χ1) is 8.79. The third-order valence-electron chi connectivity index (χ3n) is 3.47. The van der Waals surface area contributed by atoms with Crippen LogP contribution in [0.15, 0.2) is 30.3 Å². The van der Waals surface area contributed by atoms with Crippen molar-refractivity contribution in [2.24, 2.45) is 0 Å². The molecule has 1 N–H and O–H groups in total. The summed E-state index contributed by atoms with van der Waals surface area (Å²) in [5.41, 5.74) is 2.27. The molecule has 0 fully saturated rings. The summed E-state index contributed by atoms with van der Waals surface area (Å²) in [6.45, 7) is 0. The number of fused-ring (bicyclic) bond motifs is 1. The molecule has 1 aliphatic rings. The Kier molecular flexibility index (Phi) is 3.10. The van der Waals surface area contributed by atoms with Crippen molar-refractivity contribution in [3.8, 4) is 5.75 Å². The smallest absolute Gasteiger partial charge is 0.125 e. The van der Waals surface area contributed by atoms with Crippen molar-refractivity contribution in [2.45, 2.75) is 25.4 Å². The molecule has 1 atom stereocenters. The molecule has 94 valence electrons. The summed E-state index contributed by atoms with van der Waals surface area (Å²) < 4.78 is 5.31. The number of aliphatic hydroxyl groups excluding tert-OH is 1. The second-order valence-corrected chi connectivity index (χ2v) is 5.76. The molecule has 0 radical (unpaired) electrons. The Bertz CT molecular complexity index is 538. The first-order valence-electron chi connectivity index (χ1n) is 6.22. The van der Waals surface area contributed by atoms with Crippen LogP contribution in [-0.2, 0) is 12.8 Å². The molecule has 0 saturated heterocycles. The van der Waals surface area contributed by atoms with Crippen LogP contribution in [0.4, 0.5) is 0 Å². The summed E-state index contributed by atoms with van der Waals surface area (Å²) in [6.07, 6.45) is 3.01. The standard InChI is InChI=1S/C15H16O2S/c1-17-12-7-3-2-6-11(12)15(16)14-9-10-5-4-8-13(10)18-14/h2-3,6-7,9,15-16H,4-5,8H2,1H3. The van der Waals surface area contributed by atoms with Crippen molar-refractivity contribution in [3.05, 3.63) is 51.2 Å². The number of aliphatic hydroxyl groups is 1. The number of hydrogen-bond acceptors (Lipinski definition) is 3. The van der Waals surface area contributed by atoms with Gasteiger partial charge in [-0.1, -0.05) is 18.2 Å². The highest BCUT2D eigenvalue weighted by Gasteiger charge is 2.21. The van der Waals surface area contributed by atoms with Crippen LogP contribution in [0.2, 0.25) is 0 Å². The molecule has 18 heavy (non-hydrogen) atoms. The molecule has 1 aromatic carbocycles. The predicted molar refractivity (Wildman–Crippen MR) is 73.4 cm³/mol. The van der Waals surface area contributed by atoms with Crippen LogP contribution in [0.5, 0.6) is 5.75 Å². The summed E-state index contributed by atoms with van der Waals surface area (Å²) in [5, 5.41) is 10.5. The van der Waals surface area contributed by atoms with Crippen molar-refractivity contribution in [3.63, 3.8) is 0 Å². The van der Waals surface area contributed by atoms with Gasteiger partial charge in [-0.05, 0) is 37.0 Å². The fraction of sp³-hybridized carbons (Fsp3) is 0.333. The van der Waals surface area contributed by atoms with Gasteiger partial charge in [0, 0.05) is 15.3 Å². The van der Waals surface area contributed by atoms with E-state index in [1.54, 1.807) is 18.4 Å². The van der Waals surface area contributed by atoms with Crippen molar-refractivity contribution >= 4 is 11.3 Å². The van der Waals surface area contributed by atoms with Gasteiger partial charge in [-0.3, -0.25) is 0 Å². The molecule has 2 nitrogen and oxygen atoms in total. The minimum atomic E-state index is -0.572. The molecule has 1 aliphatic carbocycles. The van der Waals surface area contributed by atoms with E-state index in [0.717, 1.165) is 22.6 Å². The van der Waals surface area contributed by atoms with Crippen LogP contribution in [-0.4, -0.2) is 12.2 Å². The average molecular weight is 260 g/mol. The summed E-state index contributed by atoms with van der Waals surface area (Å²) in [4.78, 5) is 2.48. The molecule has 0 saturated carbocycles. The van der Waals surface area contributed by atoms with Crippen molar-refractivity contribution in [1.29, 1.82) is 0 Å². The van der Waals surface area contributed by atoms with E-state index in [4.69, 9.17) is 4.74 Å². The first-order valence-corrected chi connectivity index (χ1v) is 7.03. The Morgan fingerprint density at radius 2 is 2.11 bits per heavy atom. The molecule has 2 aromatic rings. The quantitative estimate of drug-likeness (QED) is 0.917. The molecule has 0 amide bonds. The first kappa shape index (κ1) is 11.8. The maximum absolute atomic E-state index is 10.5. The lowest BCUT2D eigenvalue weighted by atomic mass is 10.1. The summed E-state index contributed by atoms with van der Waals surface area (Å²) in [7, 11) is 1.64. The fourth-order valence-corrected chi connectivity index (χ4v) is 3.80. The average Bonchev–Trinajstić information content (AvgIpc) is 2.98. The largest absolute Gasteiger partial charge is 0.496 e. The monoisotopic (exact) mass is 260 g/mol. The molecule has 1 heterocycles. The Labute approximate surface area is 111 Å². The van der Waals surface area contributed by atoms with Crippen LogP contribution in [0, 0.1) is 0 Å². The zero-order chi connectivity index (χ0) is 12.5. The van der Waals surface area contributed by atoms with Gasteiger partial charge < -0.3 is 9.84 Å². The van der Waals surface area contributed by atoms with Gasteiger partial charge in [0.1, 0.15) is 11.9 Å². The Hall–Kier alpha value is -1.32. The molecule has 1 aromatic heterocycles. The van der Waals surface area contributed by atoms with Crippen molar-refractivity contribution < 1.29 is 9.84 Å². The van der Waals surface area contributed by atoms with Crippen LogP contribution in [0.25, 0.3) is 0 Å². The van der Waals surface area contributed by atoms with E-state index in [-0.39, 0.29) is 0 Å². The van der Waals surface area contributed by atoms with Gasteiger partial charge in [0.2, 0.25) is 0 Å². The van der Waals surface area contributed by atoms with Crippen LogP contribution >= 0.6 is 11.3 Å². The molecule has 0 spiro atoms. The van der Waals surface area contributed by atoms with Gasteiger partial charge in [0.25, 0.3) is 0 Å². The SMILES string of the molecule is COc1ccccc1C(O)c1cc2c(s1)CCC2. The number of hydrogen-bond donors (Lipinski definition) is 1. The lowest BCUT2D eigenvalue weighted by Gasteiger charge is -2.13. The maximum Gasteiger partial charge on any atom is 0.125 e. The van der Waals surface area contributed by atoms with E-state index < -0.39 is 6.10 Å². The van der Waals surface area contributed by atoms with E-state index in [0.29, 0.717) is 0 Å². The molecule has 0 bridgehead atoms. The number of benzene rings is 1. The lowest BCUT2D eigenvalue weighted by Crippen LogP contribution is -2.00. The molecule has 3 rings (SSSR count). The van der Waals surface area contributed by atoms with E-state index in [9.17, 15) is 5.11 Å². The molecular formula is C15H16O2S. The minimum Gasteiger partial charge on any atom is -0.496 e. The number of methoxy groups -OCH3 is 1. The van der Waals surface area contributed by atoms with Gasteiger partial charge in [-0.15, -0.1) is 11.3 Å². The molecule has 0 aliphatic heterocycles. The van der Waals surface area contributed by atoms with Gasteiger partial charge >= 0.3 is 0 Å². The Balaban J connectivity index is 1.95. The molecule has 1 unspecified atom stereocenters. The topological polar surface area (TPSA) is 29.5 Å². The van der Waals surface area contributed by atoms with Gasteiger partial charge in [-0.25, -0.2) is 0 Å². The number of rotatable bonds is 3. The number of thiophene rings is 1. The van der Waals surface area contributed by atoms with Crippen LogP contribution in [0.1, 0.15) is 33.4 Å². The van der Waals surface area contributed by atoms with Crippen molar-refractivity contribution in [1.82, 2.24) is 0 Å². The highest BCUT2D eigenvalue weighted by Crippen LogP contribution is 2.38. The summed E-state index contributed by atoms with van der Waals surface area (Å²) >= 11 is 1.74. The normalized spacial score (nSPS) is 15.4. The minimum absolute atomic E-state index is 0.572. The van der Waals surface area contributed by atoms with Gasteiger partial charge in [0.05, 0.1) is 7.11 Å². The highest BCUT2D eigenvalue weighted by atomic mass is 32.1. The second kappa shape index (κ2) is 4.75. The Morgan fingerprint density at radius 3 is 2.89 bits per heavy atom. The van der Waals surface area contributed by atoms with Gasteiger partial charge in [0.15, 0.2) is 0 Å². The fourth-order valence-electron chi connectivity index (χ4n) is 2.53. The highest BCUT2D eigenvalue weighted by molar-refractivity contribution is 7.12. The predicted octanol–water partition coefficient (Wildman–Crippen LogP) is 3.33. The molecular weight excluding hydrogens is 244 g/mol. The second-order valence-electron chi connectivity index (χ2n) is 4.60. The van der Waals surface area contributed by atoms with E-state index in [1.165, 1.54) is 23.3 Å². The van der Waals surface area contributed by atoms with Gasteiger partial charge in [-0.2, -0.15) is 0 Å². The third-order valence-corrected chi connectivity index (χ3v) is 4.76. The number of para-hydroxylation sites is 1. The summed E-state index contributed by atoms with van der Waals surface area (Å²) in [6, 6.07) is 9.82. The number of ether oxygens (including phenoxy) is 1. The van der Waals surface area contributed by atoms with E-state index in [2.05, 4.69) is 6.07 Å². The number of aryl methyl sites for hydroxylation is 2. The van der Waals surface area contributed by atoms with E-state index in [1.807, 2.05) is 24.3 Å². The van der Waals surface area contributed by atoms with Crippen molar-refractivity contribution in [2.75, 3.05) is 7.11 Å². The van der Waals surface area contributed by atoms with E-state index >= 15 is 0 Å². The molecule has 3 heteroatoms. The summed E-state index contributed by atoms with van der Waals surface area (Å²) in [5.74, 6) is 0.749. The third kappa shape index (κ3) is 1.93.